The number of benzene rings is 3. The molecule has 1 amide bonds. The minimum atomic E-state index is -0.246. The van der Waals surface area contributed by atoms with Gasteiger partial charge < -0.3 is 5.32 Å². The van der Waals surface area contributed by atoms with Gasteiger partial charge in [0.15, 0.2) is 5.11 Å². The quantitative estimate of drug-likeness (QED) is 0.363. The first-order valence-electron chi connectivity index (χ1n) is 10.4. The number of carbonyl (C=O) groups is 1. The number of aryl methyl sites for hydroxylation is 2. The van der Waals surface area contributed by atoms with Crippen LogP contribution in [0.25, 0.3) is 11.1 Å². The van der Waals surface area contributed by atoms with E-state index in [-0.39, 0.29) is 11.0 Å². The number of nitrogens with one attached hydrogen (secondary N) is 3. The van der Waals surface area contributed by atoms with E-state index in [1.54, 1.807) is 12.1 Å². The third-order valence-corrected chi connectivity index (χ3v) is 5.56. The first-order chi connectivity index (χ1) is 15.5. The molecule has 5 nitrogen and oxygen atoms in total. The van der Waals surface area contributed by atoms with Gasteiger partial charge in [-0.05, 0) is 67.0 Å². The number of rotatable bonds is 5. The Morgan fingerprint density at radius 1 is 0.906 bits per heavy atom. The van der Waals surface area contributed by atoms with E-state index < -0.39 is 0 Å². The van der Waals surface area contributed by atoms with Crippen molar-refractivity contribution < 1.29 is 4.79 Å². The van der Waals surface area contributed by atoms with Crippen LogP contribution in [0.2, 0.25) is 0 Å². The van der Waals surface area contributed by atoms with Crippen LogP contribution in [0.15, 0.2) is 78.9 Å². The summed E-state index contributed by atoms with van der Waals surface area (Å²) in [7, 11) is 0. The van der Waals surface area contributed by atoms with Gasteiger partial charge in [0.2, 0.25) is 0 Å². The fourth-order valence-corrected chi connectivity index (χ4v) is 3.74. The number of nitrogens with zero attached hydrogens (tertiary/aromatic N) is 1. The molecule has 0 aliphatic rings. The zero-order valence-electron chi connectivity index (χ0n) is 18.0. The highest BCUT2D eigenvalue weighted by Crippen LogP contribution is 2.20. The summed E-state index contributed by atoms with van der Waals surface area (Å²) in [5, 5.41) is 13.3. The second-order valence-corrected chi connectivity index (χ2v) is 8.05. The number of aromatic nitrogens is 2. The van der Waals surface area contributed by atoms with Crippen molar-refractivity contribution in [1.82, 2.24) is 15.5 Å². The van der Waals surface area contributed by atoms with Crippen LogP contribution in [-0.4, -0.2) is 21.2 Å². The van der Waals surface area contributed by atoms with Crippen LogP contribution in [0.1, 0.15) is 32.9 Å². The van der Waals surface area contributed by atoms with Crippen LogP contribution in [0, 0.1) is 13.8 Å². The second kappa shape index (κ2) is 9.58. The van der Waals surface area contributed by atoms with Crippen LogP contribution < -0.4 is 10.6 Å². The van der Waals surface area contributed by atoms with Crippen molar-refractivity contribution in [2.24, 2.45) is 0 Å². The van der Waals surface area contributed by atoms with E-state index in [9.17, 15) is 4.79 Å². The molecule has 0 radical (unpaired) electrons. The van der Waals surface area contributed by atoms with Crippen molar-refractivity contribution in [3.05, 3.63) is 107 Å². The summed E-state index contributed by atoms with van der Waals surface area (Å²) in [4.78, 5) is 12.5. The van der Waals surface area contributed by atoms with E-state index in [4.69, 9.17) is 12.2 Å². The van der Waals surface area contributed by atoms with Crippen LogP contribution in [-0.2, 0) is 6.42 Å². The van der Waals surface area contributed by atoms with Gasteiger partial charge in [-0.3, -0.25) is 15.2 Å². The number of hydrogen-bond acceptors (Lipinski definition) is 3. The van der Waals surface area contributed by atoms with Crippen molar-refractivity contribution in [3.63, 3.8) is 0 Å². The zero-order chi connectivity index (χ0) is 22.5. The predicted octanol–water partition coefficient (Wildman–Crippen LogP) is 5.41. The molecule has 3 aromatic carbocycles. The lowest BCUT2D eigenvalue weighted by Crippen LogP contribution is -2.34. The number of hydrogen-bond donors (Lipinski definition) is 3. The molecule has 0 spiro atoms. The monoisotopic (exact) mass is 440 g/mol. The number of thiocarbonyl (C=S) groups is 1. The Balaban J connectivity index is 1.33. The number of anilines is 1. The largest absolute Gasteiger partial charge is 0.332 e. The Hall–Kier alpha value is -3.77. The average Bonchev–Trinajstić information content (AvgIpc) is 3.13. The summed E-state index contributed by atoms with van der Waals surface area (Å²) < 4.78 is 0. The Labute approximate surface area is 192 Å². The first-order valence-corrected chi connectivity index (χ1v) is 10.8. The van der Waals surface area contributed by atoms with Crippen LogP contribution in [0.5, 0.6) is 0 Å². The van der Waals surface area contributed by atoms with Crippen LogP contribution in [0.3, 0.4) is 0 Å². The van der Waals surface area contributed by atoms with Crippen molar-refractivity contribution in [1.29, 1.82) is 0 Å². The molecule has 1 heterocycles. The van der Waals surface area contributed by atoms with Gasteiger partial charge in [0.05, 0.1) is 5.69 Å². The Bertz CT molecular complexity index is 1210. The van der Waals surface area contributed by atoms with Gasteiger partial charge in [0, 0.05) is 28.9 Å². The van der Waals surface area contributed by atoms with E-state index >= 15 is 0 Å². The second-order valence-electron chi connectivity index (χ2n) is 7.64. The molecule has 0 bridgehead atoms. The molecular formula is C26H24N4OS. The fraction of sp³-hybridized carbons (Fsp3) is 0.115. The molecule has 0 aliphatic carbocycles. The fourth-order valence-electron chi connectivity index (χ4n) is 3.53. The molecule has 0 saturated carbocycles. The van der Waals surface area contributed by atoms with Crippen molar-refractivity contribution in [3.8, 4) is 11.1 Å². The lowest BCUT2D eigenvalue weighted by molar-refractivity contribution is 0.0978. The SMILES string of the molecule is Cc1n[nH]c(C)c1Cc1ccc(NC(=S)NC(=O)c2ccc(-c3ccccc3)cc2)cc1. The number of carbonyl (C=O) groups excluding carboxylic acids is 1. The maximum absolute atomic E-state index is 12.5. The maximum Gasteiger partial charge on any atom is 0.257 e. The van der Waals surface area contributed by atoms with Gasteiger partial charge in [-0.2, -0.15) is 5.10 Å². The molecule has 0 unspecified atom stereocenters. The van der Waals surface area contributed by atoms with Gasteiger partial charge in [0.25, 0.3) is 5.91 Å². The van der Waals surface area contributed by atoms with Crippen molar-refractivity contribution in [2.45, 2.75) is 20.3 Å². The lowest BCUT2D eigenvalue weighted by atomic mass is 10.0. The summed E-state index contributed by atoms with van der Waals surface area (Å²) >= 11 is 5.32. The van der Waals surface area contributed by atoms with Gasteiger partial charge in [-0.25, -0.2) is 0 Å². The van der Waals surface area contributed by atoms with Gasteiger partial charge >= 0.3 is 0 Å². The normalized spacial score (nSPS) is 10.6. The number of amides is 1. The van der Waals surface area contributed by atoms with Crippen LogP contribution in [0.4, 0.5) is 5.69 Å². The molecule has 160 valence electrons. The Kier molecular flexibility index (Phi) is 6.42. The average molecular weight is 441 g/mol. The molecule has 6 heteroatoms. The third-order valence-electron chi connectivity index (χ3n) is 5.35. The van der Waals surface area contributed by atoms with E-state index in [0.29, 0.717) is 5.56 Å². The molecule has 0 atom stereocenters. The van der Waals surface area contributed by atoms with Crippen LogP contribution >= 0.6 is 12.2 Å². The summed E-state index contributed by atoms with van der Waals surface area (Å²) in [5.41, 5.74) is 8.04. The topological polar surface area (TPSA) is 69.8 Å². The number of aromatic amines is 1. The minimum absolute atomic E-state index is 0.246. The third kappa shape index (κ3) is 5.10. The Morgan fingerprint density at radius 3 is 2.19 bits per heavy atom. The predicted molar refractivity (Wildman–Crippen MR) is 133 cm³/mol. The molecule has 3 N–H and O–H groups in total. The van der Waals surface area contributed by atoms with E-state index in [1.807, 2.05) is 80.6 Å². The molecule has 1 aromatic heterocycles. The standard InChI is InChI=1S/C26H24N4OS/c1-17-24(18(2)30-29-17)16-19-8-14-23(15-9-19)27-26(32)28-25(31)22-12-10-21(11-13-22)20-6-4-3-5-7-20/h3-15H,16H2,1-2H3,(H,29,30)(H2,27,28,31,32). The molecule has 4 rings (SSSR count). The summed E-state index contributed by atoms with van der Waals surface area (Å²) in [5.74, 6) is -0.246. The number of H-pyrrole nitrogens is 1. The minimum Gasteiger partial charge on any atom is -0.332 e. The molecule has 0 saturated heterocycles. The maximum atomic E-state index is 12.5. The van der Waals surface area contributed by atoms with E-state index in [1.165, 1.54) is 11.1 Å². The summed E-state index contributed by atoms with van der Waals surface area (Å²) in [6.45, 7) is 4.03. The van der Waals surface area contributed by atoms with Gasteiger partial charge in [-0.1, -0.05) is 54.6 Å². The zero-order valence-corrected chi connectivity index (χ0v) is 18.8. The van der Waals surface area contributed by atoms with Crippen molar-refractivity contribution >= 4 is 28.9 Å². The molecule has 0 aliphatic heterocycles. The summed E-state index contributed by atoms with van der Waals surface area (Å²) in [6, 6.07) is 25.5. The summed E-state index contributed by atoms with van der Waals surface area (Å²) in [6.07, 6.45) is 0.814. The highest BCUT2D eigenvalue weighted by Gasteiger charge is 2.10. The highest BCUT2D eigenvalue weighted by atomic mass is 32.1. The molecule has 4 aromatic rings. The Morgan fingerprint density at radius 2 is 1.56 bits per heavy atom. The smallest absolute Gasteiger partial charge is 0.257 e. The molecular weight excluding hydrogens is 416 g/mol. The van der Waals surface area contributed by atoms with Crippen molar-refractivity contribution in [2.75, 3.05) is 5.32 Å². The first kappa shape index (κ1) is 21.5. The van der Waals surface area contributed by atoms with E-state index in [2.05, 4.69) is 20.8 Å². The highest BCUT2D eigenvalue weighted by molar-refractivity contribution is 7.80. The molecule has 0 fully saturated rings. The van der Waals surface area contributed by atoms with E-state index in [0.717, 1.165) is 34.6 Å². The lowest BCUT2D eigenvalue weighted by Gasteiger charge is -2.11. The molecule has 32 heavy (non-hydrogen) atoms. The van der Waals surface area contributed by atoms with Gasteiger partial charge in [0.1, 0.15) is 0 Å². The van der Waals surface area contributed by atoms with Gasteiger partial charge in [-0.15, -0.1) is 0 Å².